The van der Waals surface area contributed by atoms with Crippen LogP contribution in [0.15, 0.2) is 30.3 Å². The highest BCUT2D eigenvalue weighted by Gasteiger charge is 2.17. The Morgan fingerprint density at radius 1 is 1.24 bits per heavy atom. The third-order valence-electron chi connectivity index (χ3n) is 3.79. The summed E-state index contributed by atoms with van der Waals surface area (Å²) in [4.78, 5) is 14.6. The molecule has 1 heterocycles. The fourth-order valence-electron chi connectivity index (χ4n) is 2.76. The first-order valence-electron chi connectivity index (χ1n) is 7.43. The van der Waals surface area contributed by atoms with Gasteiger partial charge in [0.25, 0.3) is 5.91 Å². The Labute approximate surface area is 129 Å². The van der Waals surface area contributed by atoms with E-state index in [2.05, 4.69) is 22.8 Å². The van der Waals surface area contributed by atoms with E-state index in [1.165, 1.54) is 28.8 Å². The van der Waals surface area contributed by atoms with E-state index in [0.717, 1.165) is 30.0 Å². The number of carbonyl (C=O) groups is 1. The van der Waals surface area contributed by atoms with Gasteiger partial charge in [0.05, 0.1) is 4.88 Å². The van der Waals surface area contributed by atoms with E-state index in [0.29, 0.717) is 0 Å². The van der Waals surface area contributed by atoms with Crippen LogP contribution in [0, 0.1) is 0 Å². The molecule has 1 aliphatic rings. The van der Waals surface area contributed by atoms with E-state index < -0.39 is 0 Å². The number of rotatable bonds is 4. The van der Waals surface area contributed by atoms with E-state index >= 15 is 0 Å². The van der Waals surface area contributed by atoms with Gasteiger partial charge in [0.1, 0.15) is 0 Å². The predicted octanol–water partition coefficient (Wildman–Crippen LogP) is 3.60. The second-order valence-corrected chi connectivity index (χ2v) is 6.59. The molecule has 0 saturated carbocycles. The number of fused-ring (bicyclic) bond motifs is 1. The summed E-state index contributed by atoms with van der Waals surface area (Å²) in [5.74, 6) is 0.0102. The normalized spacial score (nSPS) is 13.8. The van der Waals surface area contributed by atoms with Crippen molar-refractivity contribution >= 4 is 22.9 Å². The number of nitrogens with one attached hydrogen (secondary N) is 2. The summed E-state index contributed by atoms with van der Waals surface area (Å²) in [6.45, 7) is 0.803. The van der Waals surface area contributed by atoms with Crippen LogP contribution >= 0.6 is 11.3 Å². The Balaban J connectivity index is 1.73. The van der Waals surface area contributed by atoms with Gasteiger partial charge >= 0.3 is 0 Å². The van der Waals surface area contributed by atoms with E-state index in [-0.39, 0.29) is 5.91 Å². The van der Waals surface area contributed by atoms with Crippen LogP contribution in [0.3, 0.4) is 0 Å². The summed E-state index contributed by atoms with van der Waals surface area (Å²) in [7, 11) is 1.92. The molecule has 4 heteroatoms. The van der Waals surface area contributed by atoms with Crippen molar-refractivity contribution in [2.75, 3.05) is 12.4 Å². The van der Waals surface area contributed by atoms with Crippen LogP contribution in [0.5, 0.6) is 0 Å². The molecule has 0 radical (unpaired) electrons. The lowest BCUT2D eigenvalue weighted by Crippen LogP contribution is -2.11. The molecular formula is C17H20N2OS. The number of amides is 1. The molecule has 110 valence electrons. The Hall–Kier alpha value is -1.65. The largest absolute Gasteiger partial charge is 0.321 e. The highest BCUT2D eigenvalue weighted by Crippen LogP contribution is 2.30. The maximum atomic E-state index is 12.4. The molecule has 0 saturated heterocycles. The summed E-state index contributed by atoms with van der Waals surface area (Å²) in [6, 6.07) is 10.1. The number of carbonyl (C=O) groups excluding carboxylic acids is 1. The van der Waals surface area contributed by atoms with Crippen molar-refractivity contribution < 1.29 is 4.79 Å². The molecule has 21 heavy (non-hydrogen) atoms. The van der Waals surface area contributed by atoms with Gasteiger partial charge < -0.3 is 10.6 Å². The quantitative estimate of drug-likeness (QED) is 0.906. The second-order valence-electron chi connectivity index (χ2n) is 5.45. The van der Waals surface area contributed by atoms with E-state index in [4.69, 9.17) is 0 Å². The lowest BCUT2D eigenvalue weighted by atomic mass is 9.99. The average Bonchev–Trinajstić information content (AvgIpc) is 2.92. The molecule has 1 aromatic carbocycles. The minimum Gasteiger partial charge on any atom is -0.321 e. The second kappa shape index (κ2) is 6.41. The van der Waals surface area contributed by atoms with Crippen LogP contribution in [-0.4, -0.2) is 13.0 Å². The number of hydrogen-bond acceptors (Lipinski definition) is 3. The van der Waals surface area contributed by atoms with Crippen molar-refractivity contribution in [2.24, 2.45) is 0 Å². The first kappa shape index (κ1) is 14.3. The van der Waals surface area contributed by atoms with Gasteiger partial charge in [0.15, 0.2) is 0 Å². The molecule has 0 unspecified atom stereocenters. The van der Waals surface area contributed by atoms with Crippen molar-refractivity contribution in [3.05, 3.63) is 51.2 Å². The van der Waals surface area contributed by atoms with Crippen molar-refractivity contribution in [2.45, 2.75) is 32.2 Å². The summed E-state index contributed by atoms with van der Waals surface area (Å²) < 4.78 is 0. The summed E-state index contributed by atoms with van der Waals surface area (Å²) in [5.41, 5.74) is 3.40. The number of benzene rings is 1. The van der Waals surface area contributed by atoms with Gasteiger partial charge in [-0.2, -0.15) is 0 Å². The van der Waals surface area contributed by atoms with E-state index in [9.17, 15) is 4.79 Å². The van der Waals surface area contributed by atoms with Crippen LogP contribution in [0.25, 0.3) is 0 Å². The molecular weight excluding hydrogens is 280 g/mol. The first-order valence-corrected chi connectivity index (χ1v) is 8.24. The van der Waals surface area contributed by atoms with Crippen LogP contribution in [0.4, 0.5) is 5.69 Å². The molecule has 0 spiro atoms. The standard InChI is InChI=1S/C17H20N2OS/c1-18-11-12-5-4-7-14(9-12)19-17(20)16-10-13-6-2-3-8-15(13)21-16/h4-5,7,9-10,18H,2-3,6,8,11H2,1H3,(H,19,20). The van der Waals surface area contributed by atoms with E-state index in [1.807, 2.05) is 25.2 Å². The summed E-state index contributed by atoms with van der Waals surface area (Å²) in [6.07, 6.45) is 4.75. The van der Waals surface area contributed by atoms with Crippen LogP contribution in [0.1, 0.15) is 38.5 Å². The van der Waals surface area contributed by atoms with Gasteiger partial charge in [0, 0.05) is 17.1 Å². The van der Waals surface area contributed by atoms with Gasteiger partial charge in [-0.15, -0.1) is 11.3 Å². The van der Waals surface area contributed by atoms with Crippen LogP contribution in [0.2, 0.25) is 0 Å². The molecule has 3 rings (SSSR count). The average molecular weight is 300 g/mol. The minimum atomic E-state index is 0.0102. The highest BCUT2D eigenvalue weighted by molar-refractivity contribution is 7.14. The van der Waals surface area contributed by atoms with Crippen molar-refractivity contribution in [3.63, 3.8) is 0 Å². The molecule has 1 amide bonds. The third kappa shape index (κ3) is 3.34. The van der Waals surface area contributed by atoms with Gasteiger partial charge in [-0.05, 0) is 62.1 Å². The van der Waals surface area contributed by atoms with Gasteiger partial charge in [0.2, 0.25) is 0 Å². The molecule has 0 fully saturated rings. The third-order valence-corrected chi connectivity index (χ3v) is 5.02. The maximum Gasteiger partial charge on any atom is 0.265 e. The summed E-state index contributed by atoms with van der Waals surface area (Å²) >= 11 is 1.65. The van der Waals surface area contributed by atoms with Crippen molar-refractivity contribution in [3.8, 4) is 0 Å². The molecule has 0 aliphatic heterocycles. The smallest absolute Gasteiger partial charge is 0.265 e. The number of anilines is 1. The fraction of sp³-hybridized carbons (Fsp3) is 0.353. The number of thiophene rings is 1. The molecule has 1 aromatic heterocycles. The van der Waals surface area contributed by atoms with Crippen LogP contribution in [-0.2, 0) is 19.4 Å². The number of hydrogen-bond donors (Lipinski definition) is 2. The lowest BCUT2D eigenvalue weighted by Gasteiger charge is -2.08. The number of aryl methyl sites for hydroxylation is 2. The van der Waals surface area contributed by atoms with Gasteiger partial charge in [-0.1, -0.05) is 12.1 Å². The zero-order valence-electron chi connectivity index (χ0n) is 12.2. The Morgan fingerprint density at radius 2 is 2.10 bits per heavy atom. The SMILES string of the molecule is CNCc1cccc(NC(=O)c2cc3c(s2)CCCC3)c1. The molecule has 2 aromatic rings. The topological polar surface area (TPSA) is 41.1 Å². The molecule has 2 N–H and O–H groups in total. The highest BCUT2D eigenvalue weighted by atomic mass is 32.1. The monoisotopic (exact) mass is 300 g/mol. The summed E-state index contributed by atoms with van der Waals surface area (Å²) in [5, 5.41) is 6.13. The van der Waals surface area contributed by atoms with E-state index in [1.54, 1.807) is 11.3 Å². The van der Waals surface area contributed by atoms with Gasteiger partial charge in [-0.3, -0.25) is 4.79 Å². The fourth-order valence-corrected chi connectivity index (χ4v) is 3.91. The molecule has 0 bridgehead atoms. The maximum absolute atomic E-state index is 12.4. The first-order chi connectivity index (χ1) is 10.3. The Morgan fingerprint density at radius 3 is 2.90 bits per heavy atom. The zero-order chi connectivity index (χ0) is 14.7. The molecule has 3 nitrogen and oxygen atoms in total. The Bertz CT molecular complexity index is 624. The lowest BCUT2D eigenvalue weighted by molar-refractivity contribution is 0.103. The minimum absolute atomic E-state index is 0.0102. The molecule has 0 atom stereocenters. The van der Waals surface area contributed by atoms with Crippen LogP contribution < -0.4 is 10.6 Å². The van der Waals surface area contributed by atoms with Crippen molar-refractivity contribution in [1.29, 1.82) is 0 Å². The Kier molecular flexibility index (Phi) is 4.36. The predicted molar refractivity (Wildman–Crippen MR) is 88.1 cm³/mol. The molecule has 1 aliphatic carbocycles. The van der Waals surface area contributed by atoms with Gasteiger partial charge in [-0.25, -0.2) is 0 Å². The zero-order valence-corrected chi connectivity index (χ0v) is 13.1. The van der Waals surface area contributed by atoms with Crippen molar-refractivity contribution in [1.82, 2.24) is 5.32 Å².